The molecule has 0 aliphatic carbocycles. The van der Waals surface area contributed by atoms with Gasteiger partial charge in [-0.25, -0.2) is 0 Å². The molecule has 1 fully saturated rings. The highest BCUT2D eigenvalue weighted by atomic mass is 35.5. The lowest BCUT2D eigenvalue weighted by Gasteiger charge is -2.14. The van der Waals surface area contributed by atoms with Gasteiger partial charge >= 0.3 is 6.61 Å². The van der Waals surface area contributed by atoms with Crippen LogP contribution in [0.5, 0.6) is 5.75 Å². The molecule has 18 heavy (non-hydrogen) atoms. The number of hydrogen-bond acceptors (Lipinski definition) is 3. The van der Waals surface area contributed by atoms with E-state index >= 15 is 0 Å². The van der Waals surface area contributed by atoms with Gasteiger partial charge in [-0.05, 0) is 24.6 Å². The van der Waals surface area contributed by atoms with Crippen LogP contribution in [0.2, 0.25) is 5.02 Å². The molecule has 0 saturated carbocycles. The van der Waals surface area contributed by atoms with Crippen LogP contribution in [0.3, 0.4) is 0 Å². The van der Waals surface area contributed by atoms with Gasteiger partial charge in [0.1, 0.15) is 5.75 Å². The maximum absolute atomic E-state index is 12.2. The zero-order valence-electron chi connectivity index (χ0n) is 9.67. The van der Waals surface area contributed by atoms with Gasteiger partial charge < -0.3 is 14.8 Å². The van der Waals surface area contributed by atoms with Gasteiger partial charge in [0.05, 0.1) is 6.61 Å². The average Bonchev–Trinajstić information content (AvgIpc) is 2.82. The maximum Gasteiger partial charge on any atom is 0.387 e. The zero-order chi connectivity index (χ0) is 13.0. The fourth-order valence-corrected chi connectivity index (χ4v) is 2.04. The van der Waals surface area contributed by atoms with Crippen LogP contribution in [0.1, 0.15) is 12.0 Å². The number of hydrogen-bond donors (Lipinski definition) is 1. The Hall–Kier alpha value is -0.910. The molecule has 0 bridgehead atoms. The second-order valence-electron chi connectivity index (χ2n) is 4.07. The third-order valence-corrected chi connectivity index (χ3v) is 2.98. The summed E-state index contributed by atoms with van der Waals surface area (Å²) >= 11 is 5.85. The third-order valence-electron chi connectivity index (χ3n) is 2.75. The Kier molecular flexibility index (Phi) is 4.74. The molecule has 1 saturated heterocycles. The van der Waals surface area contributed by atoms with Crippen LogP contribution in [0.4, 0.5) is 8.78 Å². The molecule has 1 aliphatic rings. The number of ether oxygens (including phenoxy) is 2. The molecular formula is C12H14ClF2NO2. The van der Waals surface area contributed by atoms with Gasteiger partial charge in [0.25, 0.3) is 0 Å². The number of halogens is 3. The van der Waals surface area contributed by atoms with Gasteiger partial charge in [0.15, 0.2) is 0 Å². The lowest BCUT2D eigenvalue weighted by Crippen LogP contribution is -2.28. The van der Waals surface area contributed by atoms with Crippen LogP contribution < -0.4 is 10.1 Å². The first-order valence-corrected chi connectivity index (χ1v) is 6.07. The molecule has 1 aliphatic heterocycles. The molecule has 0 aromatic heterocycles. The van der Waals surface area contributed by atoms with Crippen molar-refractivity contribution in [2.45, 2.75) is 25.6 Å². The molecule has 1 heterocycles. The maximum atomic E-state index is 12.2. The summed E-state index contributed by atoms with van der Waals surface area (Å²) in [6, 6.07) is 4.86. The molecule has 1 atom stereocenters. The van der Waals surface area contributed by atoms with Crippen LogP contribution >= 0.6 is 11.6 Å². The van der Waals surface area contributed by atoms with Gasteiger partial charge in [-0.15, -0.1) is 0 Å². The monoisotopic (exact) mass is 277 g/mol. The van der Waals surface area contributed by atoms with E-state index in [1.165, 1.54) is 12.1 Å². The molecule has 1 N–H and O–H groups in total. The molecule has 3 nitrogen and oxygen atoms in total. The Balaban J connectivity index is 2.01. The van der Waals surface area contributed by atoms with E-state index in [1.54, 1.807) is 6.07 Å². The molecule has 0 spiro atoms. The number of benzene rings is 1. The summed E-state index contributed by atoms with van der Waals surface area (Å²) in [6.07, 6.45) is 0.922. The second-order valence-corrected chi connectivity index (χ2v) is 4.51. The Bertz CT molecular complexity index is 398. The van der Waals surface area contributed by atoms with Crippen LogP contribution in [-0.4, -0.2) is 25.9 Å². The lowest BCUT2D eigenvalue weighted by atomic mass is 10.1. The quantitative estimate of drug-likeness (QED) is 0.898. The fourth-order valence-electron chi connectivity index (χ4n) is 1.85. The zero-order valence-corrected chi connectivity index (χ0v) is 10.4. The van der Waals surface area contributed by atoms with Crippen LogP contribution in [-0.2, 0) is 11.3 Å². The fraction of sp³-hybridized carbons (Fsp3) is 0.500. The van der Waals surface area contributed by atoms with Gasteiger partial charge in [0.2, 0.25) is 0 Å². The largest absolute Gasteiger partial charge is 0.434 e. The minimum absolute atomic E-state index is 0.154. The van der Waals surface area contributed by atoms with Crippen molar-refractivity contribution in [2.75, 3.05) is 13.2 Å². The lowest BCUT2D eigenvalue weighted by molar-refractivity contribution is -0.0505. The Labute approximate surface area is 109 Å². The summed E-state index contributed by atoms with van der Waals surface area (Å²) in [5.74, 6) is 0.154. The highest BCUT2D eigenvalue weighted by molar-refractivity contribution is 6.30. The first kappa shape index (κ1) is 13.5. The van der Waals surface area contributed by atoms with Crippen molar-refractivity contribution in [3.63, 3.8) is 0 Å². The van der Waals surface area contributed by atoms with Crippen molar-refractivity contribution in [3.8, 4) is 5.75 Å². The van der Waals surface area contributed by atoms with E-state index in [1.807, 2.05) is 0 Å². The van der Waals surface area contributed by atoms with Crippen LogP contribution in [0.15, 0.2) is 18.2 Å². The van der Waals surface area contributed by atoms with Crippen molar-refractivity contribution in [2.24, 2.45) is 0 Å². The van der Waals surface area contributed by atoms with Crippen LogP contribution in [0.25, 0.3) is 0 Å². The summed E-state index contributed by atoms with van der Waals surface area (Å²) < 4.78 is 34.2. The standard InChI is InChI=1S/C12H14ClF2NO2/c13-9-1-2-11(18-12(14)15)8(5-9)6-16-10-3-4-17-7-10/h1-2,5,10,12,16H,3-4,6-7H2. The van der Waals surface area contributed by atoms with Crippen molar-refractivity contribution < 1.29 is 18.3 Å². The van der Waals surface area contributed by atoms with E-state index in [2.05, 4.69) is 10.1 Å². The van der Waals surface area contributed by atoms with E-state index in [0.29, 0.717) is 23.7 Å². The van der Waals surface area contributed by atoms with E-state index in [-0.39, 0.29) is 11.8 Å². The van der Waals surface area contributed by atoms with Gasteiger partial charge in [-0.2, -0.15) is 8.78 Å². The average molecular weight is 278 g/mol. The minimum Gasteiger partial charge on any atom is -0.434 e. The second kappa shape index (κ2) is 6.31. The highest BCUT2D eigenvalue weighted by Crippen LogP contribution is 2.24. The molecule has 0 radical (unpaired) electrons. The van der Waals surface area contributed by atoms with E-state index in [0.717, 1.165) is 13.0 Å². The highest BCUT2D eigenvalue weighted by Gasteiger charge is 2.16. The molecular weight excluding hydrogens is 264 g/mol. The molecule has 0 amide bonds. The van der Waals surface area contributed by atoms with Crippen molar-refractivity contribution in [3.05, 3.63) is 28.8 Å². The number of rotatable bonds is 5. The number of nitrogens with one attached hydrogen (secondary N) is 1. The van der Waals surface area contributed by atoms with E-state index < -0.39 is 6.61 Å². The summed E-state index contributed by atoms with van der Waals surface area (Å²) in [4.78, 5) is 0. The Morgan fingerprint density at radius 3 is 3.00 bits per heavy atom. The first-order valence-electron chi connectivity index (χ1n) is 5.69. The minimum atomic E-state index is -2.83. The predicted molar refractivity (Wildman–Crippen MR) is 64.1 cm³/mol. The Morgan fingerprint density at radius 2 is 2.33 bits per heavy atom. The molecule has 1 aromatic carbocycles. The van der Waals surface area contributed by atoms with Gasteiger partial charge in [-0.3, -0.25) is 0 Å². The van der Waals surface area contributed by atoms with Gasteiger partial charge in [0, 0.05) is 29.8 Å². The summed E-state index contributed by atoms with van der Waals surface area (Å²) in [6.45, 7) is -1.03. The predicted octanol–water partition coefficient (Wildman–Crippen LogP) is 2.82. The Morgan fingerprint density at radius 1 is 1.50 bits per heavy atom. The normalized spacial score (nSPS) is 19.4. The van der Waals surface area contributed by atoms with E-state index in [9.17, 15) is 8.78 Å². The summed E-state index contributed by atoms with van der Waals surface area (Å²) in [5.41, 5.74) is 0.620. The first-order chi connectivity index (χ1) is 8.65. The van der Waals surface area contributed by atoms with Crippen molar-refractivity contribution >= 4 is 11.6 Å². The molecule has 1 unspecified atom stereocenters. The molecule has 2 rings (SSSR count). The molecule has 1 aromatic rings. The van der Waals surface area contributed by atoms with Crippen LogP contribution in [0, 0.1) is 0 Å². The van der Waals surface area contributed by atoms with Gasteiger partial charge in [-0.1, -0.05) is 11.6 Å². The summed E-state index contributed by atoms with van der Waals surface area (Å²) in [5, 5.41) is 3.73. The molecule has 100 valence electrons. The third kappa shape index (κ3) is 3.80. The molecule has 6 heteroatoms. The summed E-state index contributed by atoms with van der Waals surface area (Å²) in [7, 11) is 0. The van der Waals surface area contributed by atoms with E-state index in [4.69, 9.17) is 16.3 Å². The van der Waals surface area contributed by atoms with Crippen molar-refractivity contribution in [1.82, 2.24) is 5.32 Å². The smallest absolute Gasteiger partial charge is 0.387 e. The number of alkyl halides is 2. The topological polar surface area (TPSA) is 30.5 Å². The van der Waals surface area contributed by atoms with Crippen molar-refractivity contribution in [1.29, 1.82) is 0 Å². The SMILES string of the molecule is FC(F)Oc1ccc(Cl)cc1CNC1CCOC1.